The Labute approximate surface area is 216 Å². The Morgan fingerprint density at radius 2 is 1.89 bits per heavy atom. The van der Waals surface area contributed by atoms with Crippen molar-refractivity contribution < 1.29 is 9.53 Å². The summed E-state index contributed by atoms with van der Waals surface area (Å²) in [5.41, 5.74) is 1.66. The first-order valence-corrected chi connectivity index (χ1v) is 14.1. The van der Waals surface area contributed by atoms with Crippen LogP contribution in [-0.4, -0.2) is 69.8 Å². The van der Waals surface area contributed by atoms with Gasteiger partial charge in [0.1, 0.15) is 24.0 Å². The van der Waals surface area contributed by atoms with Crippen LogP contribution < -0.4 is 4.74 Å². The molecular formula is C29H43N5O2. The second-order valence-corrected chi connectivity index (χ2v) is 11.4. The van der Waals surface area contributed by atoms with E-state index in [1.807, 2.05) is 18.5 Å². The molecule has 1 amide bonds. The number of rotatable bonds is 5. The largest absolute Gasteiger partial charge is 0.492 e. The highest BCUT2D eigenvalue weighted by molar-refractivity contribution is 5.76. The zero-order valence-corrected chi connectivity index (χ0v) is 22.3. The summed E-state index contributed by atoms with van der Waals surface area (Å²) in [7, 11) is 0. The lowest BCUT2D eigenvalue weighted by Gasteiger charge is -2.45. The van der Waals surface area contributed by atoms with Crippen LogP contribution in [0.5, 0.6) is 5.75 Å². The number of para-hydroxylation sites is 1. The molecule has 0 atom stereocenters. The van der Waals surface area contributed by atoms with Crippen LogP contribution >= 0.6 is 0 Å². The molecule has 3 heterocycles. The summed E-state index contributed by atoms with van der Waals surface area (Å²) >= 11 is 0. The van der Waals surface area contributed by atoms with Gasteiger partial charge in [-0.2, -0.15) is 5.10 Å². The number of benzene rings is 1. The van der Waals surface area contributed by atoms with E-state index in [1.54, 1.807) is 0 Å². The summed E-state index contributed by atoms with van der Waals surface area (Å²) in [6.07, 6.45) is 10.3. The van der Waals surface area contributed by atoms with E-state index in [0.717, 1.165) is 75.4 Å². The topological polar surface area (TPSA) is 63.5 Å². The molecule has 2 fully saturated rings. The van der Waals surface area contributed by atoms with Gasteiger partial charge in [0.05, 0.1) is 6.54 Å². The fourth-order valence-corrected chi connectivity index (χ4v) is 6.18. The van der Waals surface area contributed by atoms with Crippen molar-refractivity contribution in [3.8, 4) is 5.75 Å². The van der Waals surface area contributed by atoms with Crippen molar-refractivity contribution in [3.05, 3.63) is 41.5 Å². The maximum Gasteiger partial charge on any atom is 0.224 e. The Hall–Kier alpha value is -2.41. The third-order valence-electron chi connectivity index (χ3n) is 8.49. The van der Waals surface area contributed by atoms with E-state index in [0.29, 0.717) is 18.4 Å². The SMILES string of the molecule is Cc1nc(C)n(CCC(=O)N2CCC3(CCCCc4ccccc4OCCN(CC4CC4)C3)CC2)n1. The number of ether oxygens (including phenoxy) is 1. The van der Waals surface area contributed by atoms with E-state index in [9.17, 15) is 4.79 Å². The molecule has 196 valence electrons. The number of likely N-dealkylation sites (tertiary alicyclic amines) is 1. The molecule has 1 aromatic heterocycles. The highest BCUT2D eigenvalue weighted by Gasteiger charge is 2.38. The lowest BCUT2D eigenvalue weighted by molar-refractivity contribution is -0.134. The van der Waals surface area contributed by atoms with Gasteiger partial charge in [-0.1, -0.05) is 24.6 Å². The fraction of sp³-hybridized carbons (Fsp3) is 0.690. The summed E-state index contributed by atoms with van der Waals surface area (Å²) < 4.78 is 8.15. The van der Waals surface area contributed by atoms with E-state index in [4.69, 9.17) is 4.74 Å². The quantitative estimate of drug-likeness (QED) is 0.617. The van der Waals surface area contributed by atoms with Crippen molar-refractivity contribution in [1.82, 2.24) is 24.6 Å². The number of amides is 1. The van der Waals surface area contributed by atoms with Crippen LogP contribution in [0.25, 0.3) is 0 Å². The van der Waals surface area contributed by atoms with Crippen LogP contribution in [0.3, 0.4) is 0 Å². The maximum absolute atomic E-state index is 13.0. The molecule has 1 aliphatic carbocycles. The average molecular weight is 494 g/mol. The summed E-state index contributed by atoms with van der Waals surface area (Å²) in [6.45, 7) is 10.3. The van der Waals surface area contributed by atoms with Crippen molar-refractivity contribution in [1.29, 1.82) is 0 Å². The summed E-state index contributed by atoms with van der Waals surface area (Å²) in [5.74, 6) is 3.85. The molecule has 0 radical (unpaired) electrons. The van der Waals surface area contributed by atoms with Crippen molar-refractivity contribution in [3.63, 3.8) is 0 Å². The number of hydrogen-bond donors (Lipinski definition) is 0. The van der Waals surface area contributed by atoms with Crippen molar-refractivity contribution in [2.75, 3.05) is 39.3 Å². The van der Waals surface area contributed by atoms with Gasteiger partial charge in [0.25, 0.3) is 0 Å². The highest BCUT2D eigenvalue weighted by atomic mass is 16.5. The Morgan fingerprint density at radius 1 is 1.08 bits per heavy atom. The summed E-state index contributed by atoms with van der Waals surface area (Å²) in [6, 6.07) is 8.58. The number of piperidine rings is 1. The standard InChI is InChI=1S/C29H43N5O2/c1-23-30-24(2)34(31-23)16-12-28(35)33-17-14-29(15-18-33)13-6-5-8-26-7-3-4-9-27(26)36-20-19-32(22-29)21-25-10-11-25/h3-4,7,9,25H,5-6,8,10-22H2,1-2H3. The van der Waals surface area contributed by atoms with E-state index in [1.165, 1.54) is 44.2 Å². The van der Waals surface area contributed by atoms with E-state index >= 15 is 0 Å². The van der Waals surface area contributed by atoms with Gasteiger partial charge in [-0.15, -0.1) is 0 Å². The number of aryl methyl sites for hydroxylation is 4. The zero-order valence-electron chi connectivity index (χ0n) is 22.3. The molecule has 7 heteroatoms. The predicted molar refractivity (Wildman–Crippen MR) is 141 cm³/mol. The normalized spacial score (nSPS) is 21.3. The summed E-state index contributed by atoms with van der Waals surface area (Å²) in [5, 5.41) is 4.42. The van der Waals surface area contributed by atoms with E-state index in [-0.39, 0.29) is 5.91 Å². The molecule has 1 spiro atoms. The second-order valence-electron chi connectivity index (χ2n) is 11.4. The van der Waals surface area contributed by atoms with Gasteiger partial charge in [0.15, 0.2) is 0 Å². The second kappa shape index (κ2) is 11.3. The molecule has 1 saturated carbocycles. The Bertz CT molecular complexity index is 1020. The molecule has 0 N–H and O–H groups in total. The smallest absolute Gasteiger partial charge is 0.224 e. The first-order chi connectivity index (χ1) is 17.5. The molecule has 3 aliphatic rings. The minimum absolute atomic E-state index is 0.255. The molecule has 5 rings (SSSR count). The molecule has 1 saturated heterocycles. The third-order valence-corrected chi connectivity index (χ3v) is 8.49. The van der Waals surface area contributed by atoms with Crippen LogP contribution in [-0.2, 0) is 17.8 Å². The van der Waals surface area contributed by atoms with Gasteiger partial charge in [0, 0.05) is 39.1 Å². The average Bonchev–Trinajstić information content (AvgIpc) is 3.62. The third kappa shape index (κ3) is 6.47. The Balaban J connectivity index is 1.21. The number of hydrogen-bond acceptors (Lipinski definition) is 5. The van der Waals surface area contributed by atoms with Gasteiger partial charge in [-0.25, -0.2) is 9.67 Å². The minimum Gasteiger partial charge on any atom is -0.492 e. The van der Waals surface area contributed by atoms with E-state index < -0.39 is 0 Å². The van der Waals surface area contributed by atoms with Gasteiger partial charge in [0.2, 0.25) is 5.91 Å². The number of fused-ring (bicyclic) bond motifs is 1. The first kappa shape index (κ1) is 25.2. The van der Waals surface area contributed by atoms with Gasteiger partial charge >= 0.3 is 0 Å². The van der Waals surface area contributed by atoms with Crippen molar-refractivity contribution >= 4 is 5.91 Å². The number of nitrogens with zero attached hydrogens (tertiary/aromatic N) is 5. The van der Waals surface area contributed by atoms with Crippen molar-refractivity contribution in [2.24, 2.45) is 11.3 Å². The maximum atomic E-state index is 13.0. The van der Waals surface area contributed by atoms with Gasteiger partial charge in [-0.05, 0) is 81.8 Å². The molecule has 0 bridgehead atoms. The summed E-state index contributed by atoms with van der Waals surface area (Å²) in [4.78, 5) is 22.2. The Kier molecular flexibility index (Phi) is 7.94. The van der Waals surface area contributed by atoms with Crippen molar-refractivity contribution in [2.45, 2.75) is 78.2 Å². The van der Waals surface area contributed by atoms with Crippen LogP contribution in [0.1, 0.15) is 68.6 Å². The number of carbonyl (C=O) groups is 1. The fourth-order valence-electron chi connectivity index (χ4n) is 6.18. The molecule has 7 nitrogen and oxygen atoms in total. The minimum atomic E-state index is 0.255. The molecule has 36 heavy (non-hydrogen) atoms. The van der Waals surface area contributed by atoms with Crippen LogP contribution in [0.4, 0.5) is 0 Å². The van der Waals surface area contributed by atoms with Crippen LogP contribution in [0.15, 0.2) is 24.3 Å². The number of aromatic nitrogens is 3. The number of carbonyl (C=O) groups excluding carboxylic acids is 1. The van der Waals surface area contributed by atoms with Gasteiger partial charge < -0.3 is 9.64 Å². The van der Waals surface area contributed by atoms with Crippen LogP contribution in [0.2, 0.25) is 0 Å². The zero-order chi connectivity index (χ0) is 25.0. The molecule has 0 unspecified atom stereocenters. The molecule has 1 aromatic carbocycles. The first-order valence-electron chi connectivity index (χ1n) is 14.1. The predicted octanol–water partition coefficient (Wildman–Crippen LogP) is 4.41. The molecule has 2 aliphatic heterocycles. The lowest BCUT2D eigenvalue weighted by atomic mass is 9.73. The lowest BCUT2D eigenvalue weighted by Crippen LogP contribution is -2.49. The monoisotopic (exact) mass is 493 g/mol. The highest BCUT2D eigenvalue weighted by Crippen LogP contribution is 2.40. The molecule has 2 aromatic rings. The Morgan fingerprint density at radius 3 is 2.64 bits per heavy atom. The van der Waals surface area contributed by atoms with Crippen LogP contribution in [0, 0.1) is 25.2 Å². The van der Waals surface area contributed by atoms with Gasteiger partial charge in [-0.3, -0.25) is 9.69 Å². The molecular weight excluding hydrogens is 450 g/mol. The van der Waals surface area contributed by atoms with E-state index in [2.05, 4.69) is 44.1 Å².